The lowest BCUT2D eigenvalue weighted by atomic mass is 9.95. The van der Waals surface area contributed by atoms with Gasteiger partial charge in [0.05, 0.1) is 24.8 Å². The van der Waals surface area contributed by atoms with Crippen molar-refractivity contribution in [3.8, 4) is 17.2 Å². The number of ether oxygens (including phenoxy) is 3. The van der Waals surface area contributed by atoms with Crippen molar-refractivity contribution < 1.29 is 28.9 Å². The second kappa shape index (κ2) is 15.4. The Balaban J connectivity index is 1.39. The summed E-state index contributed by atoms with van der Waals surface area (Å²) in [5.41, 5.74) is 4.12. The number of rotatable bonds is 13. The molecule has 1 atom stereocenters. The van der Waals surface area contributed by atoms with Gasteiger partial charge in [-0.3, -0.25) is 14.5 Å². The molecule has 0 radical (unpaired) electrons. The van der Waals surface area contributed by atoms with Crippen molar-refractivity contribution in [2.45, 2.75) is 43.5 Å². The smallest absolute Gasteiger partial charge is 0.301 e. The Hall–Kier alpha value is -5.13. The van der Waals surface area contributed by atoms with Crippen LogP contribution in [0.5, 0.6) is 17.2 Å². The van der Waals surface area contributed by atoms with E-state index in [9.17, 15) is 14.7 Å². The third kappa shape index (κ3) is 7.63. The van der Waals surface area contributed by atoms with Crippen LogP contribution >= 0.6 is 23.1 Å². The molecule has 5 aromatic rings. The SMILES string of the molecule is CCOc1ccc(/C(O)=C2\C(=O)C(=O)N(c3nnc(SCc4ccc(C)cc4)s3)C2c2ccc(OCc3ccccc3)c(OCC)c2)cc1. The average molecular weight is 694 g/mol. The zero-order valence-electron chi connectivity index (χ0n) is 27.3. The molecule has 1 saturated heterocycles. The number of anilines is 1. The van der Waals surface area contributed by atoms with Crippen LogP contribution in [-0.2, 0) is 21.9 Å². The molecule has 1 unspecified atom stereocenters. The summed E-state index contributed by atoms with van der Waals surface area (Å²) >= 11 is 2.71. The summed E-state index contributed by atoms with van der Waals surface area (Å²) in [6.07, 6.45) is 0. The lowest BCUT2D eigenvalue weighted by molar-refractivity contribution is -0.132. The molecule has 4 aromatic carbocycles. The summed E-state index contributed by atoms with van der Waals surface area (Å²) in [4.78, 5) is 28.9. The van der Waals surface area contributed by atoms with Crippen LogP contribution in [0.15, 0.2) is 107 Å². The molecule has 0 saturated carbocycles. The number of nitrogens with zero attached hydrogens (tertiary/aromatic N) is 3. The normalized spacial score (nSPS) is 15.4. The number of carbonyl (C=O) groups is 2. The van der Waals surface area contributed by atoms with Gasteiger partial charge in [-0.05, 0) is 73.9 Å². The van der Waals surface area contributed by atoms with Crippen LogP contribution in [0.1, 0.15) is 47.7 Å². The minimum Gasteiger partial charge on any atom is -0.507 e. The van der Waals surface area contributed by atoms with E-state index in [1.807, 2.05) is 51.1 Å². The van der Waals surface area contributed by atoms with E-state index in [2.05, 4.69) is 34.5 Å². The van der Waals surface area contributed by atoms with Crippen molar-refractivity contribution in [2.75, 3.05) is 18.1 Å². The number of aryl methyl sites for hydroxylation is 1. The molecule has 0 spiro atoms. The van der Waals surface area contributed by atoms with E-state index < -0.39 is 17.7 Å². The molecule has 1 aromatic heterocycles. The minimum atomic E-state index is -1.02. The summed E-state index contributed by atoms with van der Waals surface area (Å²) in [5, 5.41) is 20.6. The van der Waals surface area contributed by atoms with Crippen LogP contribution < -0.4 is 19.1 Å². The van der Waals surface area contributed by atoms with Crippen molar-refractivity contribution in [3.63, 3.8) is 0 Å². The highest BCUT2D eigenvalue weighted by Gasteiger charge is 2.48. The Bertz CT molecular complexity index is 1960. The second-order valence-electron chi connectivity index (χ2n) is 11.2. The number of amides is 1. The zero-order chi connectivity index (χ0) is 34.3. The Morgan fingerprint density at radius 1 is 0.837 bits per heavy atom. The molecule has 11 heteroatoms. The lowest BCUT2D eigenvalue weighted by Crippen LogP contribution is -2.29. The number of thioether (sulfide) groups is 1. The topological polar surface area (TPSA) is 111 Å². The maximum absolute atomic E-state index is 13.8. The van der Waals surface area contributed by atoms with E-state index in [0.29, 0.717) is 58.3 Å². The van der Waals surface area contributed by atoms with E-state index in [1.54, 1.807) is 42.5 Å². The fraction of sp³-hybridized carbons (Fsp3) is 0.211. The van der Waals surface area contributed by atoms with Crippen LogP contribution in [0.3, 0.4) is 0 Å². The molecule has 6 rings (SSSR count). The highest BCUT2D eigenvalue weighted by atomic mass is 32.2. The first-order valence-electron chi connectivity index (χ1n) is 15.9. The maximum Gasteiger partial charge on any atom is 0.301 e. The number of Topliss-reactive ketones (excluding diaryl/α,β-unsaturated/α-hetero) is 1. The molecule has 9 nitrogen and oxygen atoms in total. The largest absolute Gasteiger partial charge is 0.507 e. The number of ketones is 1. The Morgan fingerprint density at radius 3 is 2.29 bits per heavy atom. The first kappa shape index (κ1) is 33.8. The van der Waals surface area contributed by atoms with E-state index in [4.69, 9.17) is 14.2 Å². The Labute approximate surface area is 293 Å². The van der Waals surface area contributed by atoms with Crippen molar-refractivity contribution >= 4 is 45.7 Å². The zero-order valence-corrected chi connectivity index (χ0v) is 28.9. The van der Waals surface area contributed by atoms with Gasteiger partial charge >= 0.3 is 5.91 Å². The molecule has 0 bridgehead atoms. The number of carbonyl (C=O) groups excluding carboxylic acids is 2. The predicted molar refractivity (Wildman–Crippen MR) is 191 cm³/mol. The van der Waals surface area contributed by atoms with Crippen LogP contribution in [0.2, 0.25) is 0 Å². The summed E-state index contributed by atoms with van der Waals surface area (Å²) < 4.78 is 18.3. The van der Waals surface area contributed by atoms with Crippen LogP contribution in [0.4, 0.5) is 5.13 Å². The maximum atomic E-state index is 13.8. The molecular weight excluding hydrogens is 659 g/mol. The third-order valence-electron chi connectivity index (χ3n) is 7.79. The number of aromatic nitrogens is 2. The summed E-state index contributed by atoms with van der Waals surface area (Å²) in [5.74, 6) is 0.270. The van der Waals surface area contributed by atoms with Gasteiger partial charge in [0.25, 0.3) is 5.78 Å². The molecule has 1 fully saturated rings. The average Bonchev–Trinajstić information content (AvgIpc) is 3.69. The van der Waals surface area contributed by atoms with Crippen LogP contribution in [0.25, 0.3) is 5.76 Å². The molecule has 250 valence electrons. The van der Waals surface area contributed by atoms with Gasteiger partial charge in [-0.25, -0.2) is 0 Å². The van der Waals surface area contributed by atoms with E-state index in [0.717, 1.165) is 11.1 Å². The Kier molecular flexibility index (Phi) is 10.6. The van der Waals surface area contributed by atoms with Gasteiger partial charge in [0, 0.05) is 11.3 Å². The predicted octanol–water partition coefficient (Wildman–Crippen LogP) is 8.14. The van der Waals surface area contributed by atoms with Gasteiger partial charge in [0.2, 0.25) is 5.13 Å². The monoisotopic (exact) mass is 693 g/mol. The minimum absolute atomic E-state index is 0.0707. The highest BCUT2D eigenvalue weighted by Crippen LogP contribution is 2.46. The molecule has 1 amide bonds. The van der Waals surface area contributed by atoms with Gasteiger partial charge in [0.15, 0.2) is 15.8 Å². The summed E-state index contributed by atoms with van der Waals surface area (Å²) in [6, 6.07) is 29.0. The second-order valence-corrected chi connectivity index (χ2v) is 13.3. The standard InChI is InChI=1S/C38H35N3O6S2/c1-4-45-29-18-15-27(16-19-29)34(42)32-33(28-17-20-30(31(21-28)46-5-2)47-22-25-9-7-6-8-10-25)41(36(44)35(32)43)37-39-40-38(49-37)48-23-26-13-11-24(3)12-14-26/h6-21,33,42H,4-5,22-23H2,1-3H3/b34-32+. The van der Waals surface area contributed by atoms with Gasteiger partial charge < -0.3 is 19.3 Å². The quantitative estimate of drug-likeness (QED) is 0.0430. The lowest BCUT2D eigenvalue weighted by Gasteiger charge is -2.23. The van der Waals surface area contributed by atoms with Crippen LogP contribution in [-0.4, -0.2) is 40.2 Å². The van der Waals surface area contributed by atoms with Crippen molar-refractivity contribution in [1.29, 1.82) is 0 Å². The fourth-order valence-corrected chi connectivity index (χ4v) is 7.20. The molecule has 0 aliphatic carbocycles. The van der Waals surface area contributed by atoms with Crippen molar-refractivity contribution in [3.05, 3.63) is 130 Å². The molecule has 2 heterocycles. The van der Waals surface area contributed by atoms with Crippen molar-refractivity contribution in [2.24, 2.45) is 0 Å². The van der Waals surface area contributed by atoms with Crippen LogP contribution in [0, 0.1) is 6.92 Å². The Morgan fingerprint density at radius 2 is 1.57 bits per heavy atom. The number of hydrogen-bond acceptors (Lipinski definition) is 10. The summed E-state index contributed by atoms with van der Waals surface area (Å²) in [6.45, 7) is 6.95. The highest BCUT2D eigenvalue weighted by molar-refractivity contribution is 8.00. The molecule has 49 heavy (non-hydrogen) atoms. The van der Waals surface area contributed by atoms with Gasteiger partial charge in [-0.2, -0.15) is 0 Å². The van der Waals surface area contributed by atoms with Gasteiger partial charge in [-0.1, -0.05) is 89.3 Å². The van der Waals surface area contributed by atoms with Gasteiger partial charge in [-0.15, -0.1) is 10.2 Å². The molecule has 1 N–H and O–H groups in total. The van der Waals surface area contributed by atoms with E-state index >= 15 is 0 Å². The number of hydrogen-bond donors (Lipinski definition) is 1. The number of benzene rings is 4. The van der Waals surface area contributed by atoms with E-state index in [-0.39, 0.29) is 16.5 Å². The molecule has 1 aliphatic rings. The first-order chi connectivity index (χ1) is 23.9. The number of aliphatic hydroxyl groups excluding tert-OH is 1. The van der Waals surface area contributed by atoms with E-state index in [1.165, 1.54) is 33.6 Å². The summed E-state index contributed by atoms with van der Waals surface area (Å²) in [7, 11) is 0. The fourth-order valence-electron chi connectivity index (χ4n) is 5.38. The van der Waals surface area contributed by atoms with Gasteiger partial charge in [0.1, 0.15) is 18.1 Å². The third-order valence-corrected chi connectivity index (χ3v) is 9.92. The van der Waals surface area contributed by atoms with Crippen molar-refractivity contribution in [1.82, 2.24) is 10.2 Å². The molecular formula is C38H35N3O6S2. The first-order valence-corrected chi connectivity index (χ1v) is 17.7. The number of aliphatic hydroxyl groups is 1. The molecule has 1 aliphatic heterocycles.